The molecule has 2 aromatic carbocycles. The lowest BCUT2D eigenvalue weighted by atomic mass is 10.0. The zero-order valence-electron chi connectivity index (χ0n) is 39.8. The molecule has 0 aliphatic carbocycles. The van der Waals surface area contributed by atoms with E-state index in [9.17, 15) is 20.4 Å². The lowest BCUT2D eigenvalue weighted by Gasteiger charge is -2.10. The van der Waals surface area contributed by atoms with Crippen LogP contribution in [0.1, 0.15) is 202 Å². The van der Waals surface area contributed by atoms with Gasteiger partial charge in [-0.15, -0.1) is 0 Å². The third-order valence-electron chi connectivity index (χ3n) is 13.7. The van der Waals surface area contributed by atoms with E-state index in [0.717, 1.165) is 93.6 Å². The number of benzene rings is 2. The van der Waals surface area contributed by atoms with Gasteiger partial charge in [0.1, 0.15) is 11.5 Å². The predicted octanol–water partition coefficient (Wildman–Crippen LogP) is 12.4. The summed E-state index contributed by atoms with van der Waals surface area (Å²) < 4.78 is 0. The number of hydrogen-bond acceptors (Lipinski definition) is 4. The number of aromatic hydroxyl groups is 4. The van der Waals surface area contributed by atoms with Crippen molar-refractivity contribution in [1.82, 2.24) is 19.9 Å². The summed E-state index contributed by atoms with van der Waals surface area (Å²) in [5.41, 5.74) is 7.91. The van der Waals surface area contributed by atoms with Crippen LogP contribution in [0.4, 0.5) is 0 Å². The van der Waals surface area contributed by atoms with E-state index in [1.165, 1.54) is 109 Å². The van der Waals surface area contributed by atoms with Crippen molar-refractivity contribution in [1.29, 1.82) is 0 Å². The van der Waals surface area contributed by atoms with E-state index in [-0.39, 0.29) is 23.0 Å². The van der Waals surface area contributed by atoms with Crippen LogP contribution < -0.4 is 21.4 Å². The first kappa shape index (κ1) is 48.2. The fourth-order valence-corrected chi connectivity index (χ4v) is 9.98. The molecular formula is C58H76N4O4. The molecule has 1 aliphatic heterocycles. The standard InChI is InChI=1S/C58H76N4O4/c1-3-5-7-9-11-13-15-17-19-21-23-31-45-47-33-36-50(59-47)53(41-27-25-29-43(63)39-41)51-37-35-49(61-51)46(32-24-22-20-18-16-14-12-10-8-6-4-2)55-57(65)58(66)56(62-55)54(52-38-34-48(45)60-52)42-28-26-30-44(64)40-42/h25-30,33-40,59-66H,3-24,31-32H2,1-2H3. The number of H-pyrrole nitrogens is 4. The van der Waals surface area contributed by atoms with Gasteiger partial charge in [0, 0.05) is 49.5 Å². The number of hydrogen-bond donors (Lipinski definition) is 8. The van der Waals surface area contributed by atoms with E-state index in [1.54, 1.807) is 30.3 Å². The Morgan fingerprint density at radius 3 is 1.27 bits per heavy atom. The van der Waals surface area contributed by atoms with Crippen LogP contribution in [0.3, 0.4) is 0 Å². The van der Waals surface area contributed by atoms with Crippen LogP contribution in [0.25, 0.3) is 22.3 Å². The molecule has 8 bridgehead atoms. The molecule has 8 N–H and O–H groups in total. The Morgan fingerprint density at radius 2 is 0.758 bits per heavy atom. The van der Waals surface area contributed by atoms with E-state index in [0.29, 0.717) is 28.9 Å². The minimum atomic E-state index is -0.238. The summed E-state index contributed by atoms with van der Waals surface area (Å²) in [5.74, 6) is -0.144. The Hall–Kier alpha value is -5.76. The Kier molecular flexibility index (Phi) is 18.0. The Morgan fingerprint density at radius 1 is 0.348 bits per heavy atom. The normalized spacial score (nSPS) is 12.8. The van der Waals surface area contributed by atoms with E-state index in [4.69, 9.17) is 0 Å². The predicted molar refractivity (Wildman–Crippen MR) is 272 cm³/mol. The second-order valence-electron chi connectivity index (χ2n) is 18.8. The van der Waals surface area contributed by atoms with Gasteiger partial charge in [0.15, 0.2) is 11.5 Å². The molecule has 6 aromatic rings. The summed E-state index contributed by atoms with van der Waals surface area (Å²) in [4.78, 5) is 14.8. The molecule has 66 heavy (non-hydrogen) atoms. The summed E-state index contributed by atoms with van der Waals surface area (Å²) >= 11 is 0. The van der Waals surface area contributed by atoms with Gasteiger partial charge < -0.3 is 40.4 Å². The highest BCUT2D eigenvalue weighted by atomic mass is 16.3. The number of phenols is 2. The first-order chi connectivity index (χ1) is 32.4. The van der Waals surface area contributed by atoms with Crippen LogP contribution in [0, 0.1) is 0 Å². The molecule has 0 saturated heterocycles. The van der Waals surface area contributed by atoms with Crippen LogP contribution in [-0.2, 0) is 0 Å². The third-order valence-corrected chi connectivity index (χ3v) is 13.7. The van der Waals surface area contributed by atoms with E-state index >= 15 is 0 Å². The molecule has 8 nitrogen and oxygen atoms in total. The van der Waals surface area contributed by atoms with Crippen molar-refractivity contribution in [3.8, 4) is 23.0 Å². The summed E-state index contributed by atoms with van der Waals surface area (Å²) in [5, 5.41) is 48.8. The van der Waals surface area contributed by atoms with Crippen molar-refractivity contribution in [2.45, 2.75) is 168 Å². The van der Waals surface area contributed by atoms with Gasteiger partial charge in [-0.2, -0.15) is 0 Å². The Balaban J connectivity index is 1.29. The summed E-state index contributed by atoms with van der Waals surface area (Å²) in [6.07, 6.45) is 29.0. The topological polar surface area (TPSA) is 144 Å². The number of phenolic OH excluding ortho intramolecular Hbond substituents is 2. The maximum absolute atomic E-state index is 12.0. The van der Waals surface area contributed by atoms with Gasteiger partial charge in [-0.25, -0.2) is 0 Å². The number of rotatable bonds is 26. The fraction of sp³-hybridized carbons (Fsp3) is 0.448. The lowest BCUT2D eigenvalue weighted by molar-refractivity contribution is 0.406. The van der Waals surface area contributed by atoms with Crippen molar-refractivity contribution in [2.75, 3.05) is 0 Å². The monoisotopic (exact) mass is 893 g/mol. The lowest BCUT2D eigenvalue weighted by Crippen LogP contribution is -2.18. The van der Waals surface area contributed by atoms with E-state index in [1.807, 2.05) is 24.3 Å². The van der Waals surface area contributed by atoms with Gasteiger partial charge in [0.25, 0.3) is 0 Å². The molecule has 0 spiro atoms. The maximum atomic E-state index is 12.0. The number of fused-ring (bicyclic) bond motifs is 8. The first-order valence-corrected chi connectivity index (χ1v) is 25.6. The maximum Gasteiger partial charge on any atom is 0.184 e. The molecule has 0 radical (unpaired) electrons. The first-order valence-electron chi connectivity index (χ1n) is 25.6. The van der Waals surface area contributed by atoms with Gasteiger partial charge in [0.05, 0.1) is 11.4 Å². The average Bonchev–Trinajstić information content (AvgIpc) is 4.15. The van der Waals surface area contributed by atoms with Gasteiger partial charge in [-0.3, -0.25) is 0 Å². The highest BCUT2D eigenvalue weighted by Crippen LogP contribution is 2.42. The second-order valence-corrected chi connectivity index (χ2v) is 18.8. The van der Waals surface area contributed by atoms with Gasteiger partial charge in [-0.1, -0.05) is 167 Å². The number of nitrogens with one attached hydrogen (secondary N) is 4. The molecule has 0 amide bonds. The molecule has 1 aliphatic rings. The molecule has 5 heterocycles. The largest absolute Gasteiger partial charge is 0.508 e. The average molecular weight is 893 g/mol. The third kappa shape index (κ3) is 12.6. The number of aromatic amines is 4. The van der Waals surface area contributed by atoms with Crippen molar-refractivity contribution in [2.24, 2.45) is 0 Å². The van der Waals surface area contributed by atoms with Crippen LogP contribution in [0.2, 0.25) is 0 Å². The molecule has 0 atom stereocenters. The summed E-state index contributed by atoms with van der Waals surface area (Å²) in [7, 11) is 0. The van der Waals surface area contributed by atoms with Crippen LogP contribution in [-0.4, -0.2) is 40.4 Å². The summed E-state index contributed by atoms with van der Waals surface area (Å²) in [6.45, 7) is 4.53. The molecule has 352 valence electrons. The minimum absolute atomic E-state index is 0.110. The molecule has 0 fully saturated rings. The van der Waals surface area contributed by atoms with Crippen LogP contribution in [0.5, 0.6) is 23.0 Å². The highest BCUT2D eigenvalue weighted by molar-refractivity contribution is 5.85. The molecule has 0 unspecified atom stereocenters. The molecule has 4 aromatic heterocycles. The van der Waals surface area contributed by atoms with Gasteiger partial charge in [-0.05, 0) is 103 Å². The van der Waals surface area contributed by atoms with Crippen molar-refractivity contribution in [3.05, 3.63) is 140 Å². The number of unbranched alkanes of at least 4 members (excludes halogenated alkanes) is 20. The van der Waals surface area contributed by atoms with E-state index in [2.05, 4.69) is 64.1 Å². The molecular weight excluding hydrogens is 817 g/mol. The van der Waals surface area contributed by atoms with Crippen molar-refractivity contribution in [3.63, 3.8) is 0 Å². The fourth-order valence-electron chi connectivity index (χ4n) is 9.98. The summed E-state index contributed by atoms with van der Waals surface area (Å²) in [6, 6.07) is 27.0. The zero-order valence-corrected chi connectivity index (χ0v) is 39.8. The Labute approximate surface area is 392 Å². The van der Waals surface area contributed by atoms with Gasteiger partial charge in [0.2, 0.25) is 0 Å². The van der Waals surface area contributed by atoms with Crippen molar-refractivity contribution < 1.29 is 20.4 Å². The smallest absolute Gasteiger partial charge is 0.184 e. The van der Waals surface area contributed by atoms with Gasteiger partial charge >= 0.3 is 0 Å². The molecule has 0 saturated carbocycles. The SMILES string of the molecule is CCCCCCCCCCCCCC1=c2ccc([nH]2)=C(c2cccc(O)c2)c2[nH]c(c(O)c2O)C(CCCCCCCCCCCCC)=c2ccc([nH]2)=C(c2cccc(O)c2)c2ccc1[nH]2. The quantitative estimate of drug-likeness (QED) is 0.0256. The molecule has 7 rings (SSSR count). The molecule has 8 heteroatoms. The zero-order chi connectivity index (χ0) is 46.1. The number of aromatic nitrogens is 4. The second kappa shape index (κ2) is 24.7. The van der Waals surface area contributed by atoms with E-state index < -0.39 is 0 Å². The van der Waals surface area contributed by atoms with Crippen LogP contribution in [0.15, 0.2) is 84.9 Å². The van der Waals surface area contributed by atoms with Crippen molar-refractivity contribution >= 4 is 22.3 Å². The minimum Gasteiger partial charge on any atom is -0.508 e. The van der Waals surface area contributed by atoms with Crippen LogP contribution >= 0.6 is 0 Å². The Bertz CT molecular complexity index is 2710. The highest BCUT2D eigenvalue weighted by Gasteiger charge is 2.25.